The summed E-state index contributed by atoms with van der Waals surface area (Å²) in [5.74, 6) is 1.48. The van der Waals surface area contributed by atoms with E-state index in [0.29, 0.717) is 17.5 Å². The van der Waals surface area contributed by atoms with Crippen molar-refractivity contribution in [1.29, 1.82) is 0 Å². The number of imidazole rings is 1. The van der Waals surface area contributed by atoms with Crippen LogP contribution >= 0.6 is 0 Å². The van der Waals surface area contributed by atoms with Crippen molar-refractivity contribution in [2.75, 3.05) is 0 Å². The summed E-state index contributed by atoms with van der Waals surface area (Å²) in [6.07, 6.45) is 0. The molecule has 0 saturated heterocycles. The van der Waals surface area contributed by atoms with Gasteiger partial charge in [0.1, 0.15) is 11.1 Å². The van der Waals surface area contributed by atoms with Gasteiger partial charge < -0.3 is 13.4 Å². The Kier molecular flexibility index (Phi) is 5.71. The van der Waals surface area contributed by atoms with E-state index in [2.05, 4.69) is 56.5 Å². The van der Waals surface area contributed by atoms with E-state index < -0.39 is 0 Å². The molecule has 0 aliphatic rings. The van der Waals surface area contributed by atoms with Crippen LogP contribution in [0.2, 0.25) is 0 Å². The van der Waals surface area contributed by atoms with Gasteiger partial charge in [-0.3, -0.25) is 0 Å². The molecular formula is C29H25IrN2O2-. The Labute approximate surface area is 211 Å². The van der Waals surface area contributed by atoms with Gasteiger partial charge in [-0.2, -0.15) is 0 Å². The van der Waals surface area contributed by atoms with Gasteiger partial charge in [0.15, 0.2) is 11.2 Å². The molecule has 0 aliphatic carbocycles. The van der Waals surface area contributed by atoms with Crippen LogP contribution in [0.15, 0.2) is 75.6 Å². The van der Waals surface area contributed by atoms with Gasteiger partial charge >= 0.3 is 0 Å². The number of nitrogens with zero attached hydrogens (tertiary/aromatic N) is 2. The third-order valence-corrected chi connectivity index (χ3v) is 6.33. The molecule has 0 atom stereocenters. The van der Waals surface area contributed by atoms with Gasteiger partial charge in [-0.25, -0.2) is 4.98 Å². The van der Waals surface area contributed by atoms with Crippen LogP contribution in [0, 0.1) is 6.07 Å². The maximum Gasteiger partial charge on any atom is 0.239 e. The fourth-order valence-electron chi connectivity index (χ4n) is 4.75. The van der Waals surface area contributed by atoms with E-state index in [0.717, 1.165) is 44.7 Å². The first kappa shape index (κ1) is 22.6. The molecule has 6 rings (SSSR count). The van der Waals surface area contributed by atoms with Crippen LogP contribution in [0.25, 0.3) is 50.4 Å². The third kappa shape index (κ3) is 3.34. The summed E-state index contributed by atoms with van der Waals surface area (Å²) in [6, 6.07) is 25.9. The predicted molar refractivity (Wildman–Crippen MR) is 133 cm³/mol. The maximum absolute atomic E-state index is 6.35. The molecule has 3 aromatic heterocycles. The zero-order valence-electron chi connectivity index (χ0n) is 19.5. The summed E-state index contributed by atoms with van der Waals surface area (Å²) in [7, 11) is 0. The zero-order chi connectivity index (χ0) is 22.7. The van der Waals surface area contributed by atoms with Crippen molar-refractivity contribution >= 4 is 33.4 Å². The zero-order valence-corrected chi connectivity index (χ0v) is 21.9. The maximum atomic E-state index is 6.35. The van der Waals surface area contributed by atoms with Crippen LogP contribution < -0.4 is 0 Å². The topological polar surface area (TPSA) is 44.1 Å². The molecule has 3 heterocycles. The Morgan fingerprint density at radius 2 is 1.50 bits per heavy atom. The Bertz CT molecular complexity index is 1590. The molecule has 0 bridgehead atoms. The largest absolute Gasteiger partial charge is 0.450 e. The first-order chi connectivity index (χ1) is 16.0. The number of hydrogen-bond acceptors (Lipinski definition) is 3. The van der Waals surface area contributed by atoms with Crippen molar-refractivity contribution in [2.24, 2.45) is 0 Å². The molecule has 0 fully saturated rings. The van der Waals surface area contributed by atoms with E-state index in [4.69, 9.17) is 13.8 Å². The van der Waals surface area contributed by atoms with E-state index >= 15 is 0 Å². The molecule has 0 spiro atoms. The normalized spacial score (nSPS) is 11.8. The van der Waals surface area contributed by atoms with E-state index in [1.54, 1.807) is 0 Å². The molecule has 1 radical (unpaired) electrons. The SMILES string of the molecule is CC(C)c1cccc(C(C)C)c1-n1c(-c2[c-]cccc2)nc2oc3c4ccccc4oc3c21.[Ir]. The molecule has 0 unspecified atom stereocenters. The average Bonchev–Trinajstić information content (AvgIpc) is 3.47. The Morgan fingerprint density at radius 1 is 0.794 bits per heavy atom. The summed E-state index contributed by atoms with van der Waals surface area (Å²) in [5.41, 5.74) is 8.34. The van der Waals surface area contributed by atoms with Gasteiger partial charge in [-0.1, -0.05) is 58.0 Å². The van der Waals surface area contributed by atoms with Crippen molar-refractivity contribution in [3.63, 3.8) is 0 Å². The third-order valence-electron chi connectivity index (χ3n) is 6.33. The first-order valence-corrected chi connectivity index (χ1v) is 11.5. The number of benzene rings is 3. The van der Waals surface area contributed by atoms with Gasteiger partial charge in [0.25, 0.3) is 0 Å². The van der Waals surface area contributed by atoms with E-state index in [-0.39, 0.29) is 20.1 Å². The molecule has 4 nitrogen and oxygen atoms in total. The molecule has 0 N–H and O–H groups in total. The minimum Gasteiger partial charge on any atom is -0.450 e. The summed E-state index contributed by atoms with van der Waals surface area (Å²) >= 11 is 0. The second-order valence-corrected chi connectivity index (χ2v) is 9.15. The van der Waals surface area contributed by atoms with Crippen LogP contribution in [0.4, 0.5) is 0 Å². The minimum absolute atomic E-state index is 0. The molecule has 0 saturated carbocycles. The van der Waals surface area contributed by atoms with Crippen LogP contribution in [-0.4, -0.2) is 9.55 Å². The Morgan fingerprint density at radius 3 is 2.18 bits per heavy atom. The number of furan rings is 2. The fraction of sp³-hybridized carbons (Fsp3) is 0.207. The van der Waals surface area contributed by atoms with Gasteiger partial charge in [0.05, 0.1) is 11.2 Å². The molecule has 173 valence electrons. The van der Waals surface area contributed by atoms with Crippen molar-refractivity contribution in [1.82, 2.24) is 9.55 Å². The summed E-state index contributed by atoms with van der Waals surface area (Å²) in [6.45, 7) is 8.93. The number of para-hydroxylation sites is 2. The Balaban J connectivity index is 0.00000241. The van der Waals surface area contributed by atoms with Gasteiger partial charge in [0.2, 0.25) is 5.71 Å². The van der Waals surface area contributed by atoms with Gasteiger partial charge in [-0.15, -0.1) is 35.9 Å². The van der Waals surface area contributed by atoms with E-state index in [1.165, 1.54) is 11.1 Å². The molecule has 6 aromatic rings. The van der Waals surface area contributed by atoms with Gasteiger partial charge in [-0.05, 0) is 35.1 Å². The van der Waals surface area contributed by atoms with Crippen LogP contribution in [0.5, 0.6) is 0 Å². The summed E-state index contributed by atoms with van der Waals surface area (Å²) < 4.78 is 14.9. The monoisotopic (exact) mass is 626 g/mol. The summed E-state index contributed by atoms with van der Waals surface area (Å²) in [5, 5.41) is 0.964. The van der Waals surface area contributed by atoms with Crippen LogP contribution in [0.3, 0.4) is 0 Å². The van der Waals surface area contributed by atoms with Crippen LogP contribution in [0.1, 0.15) is 50.7 Å². The predicted octanol–water partition coefficient (Wildman–Crippen LogP) is 8.23. The molecular weight excluding hydrogens is 601 g/mol. The molecule has 3 aromatic carbocycles. The summed E-state index contributed by atoms with van der Waals surface area (Å²) in [4.78, 5) is 4.98. The second kappa shape index (κ2) is 8.57. The number of rotatable bonds is 4. The van der Waals surface area contributed by atoms with E-state index in [9.17, 15) is 0 Å². The molecule has 0 aliphatic heterocycles. The van der Waals surface area contributed by atoms with Crippen molar-refractivity contribution in [3.8, 4) is 17.1 Å². The fourth-order valence-corrected chi connectivity index (χ4v) is 4.75. The minimum atomic E-state index is 0. The standard InChI is InChI=1S/C29H25N2O2.Ir/c1-17(2)20-14-10-15-21(18(3)4)24(20)31-25-27-26(22-13-8-9-16-23(22)32-27)33-29(25)30-28(31)19-11-6-5-7-12-19;/h5-11,13-18H,1-4H3;/q-1;. The molecule has 5 heteroatoms. The second-order valence-electron chi connectivity index (χ2n) is 9.15. The number of hydrogen-bond donors (Lipinski definition) is 0. The van der Waals surface area contributed by atoms with Crippen LogP contribution in [-0.2, 0) is 20.1 Å². The van der Waals surface area contributed by atoms with Gasteiger partial charge in [0, 0.05) is 25.8 Å². The number of aromatic nitrogens is 2. The molecule has 0 amide bonds. The van der Waals surface area contributed by atoms with E-state index in [1.807, 2.05) is 48.5 Å². The van der Waals surface area contributed by atoms with Crippen molar-refractivity contribution < 1.29 is 28.9 Å². The van der Waals surface area contributed by atoms with Crippen molar-refractivity contribution in [3.05, 3.63) is 83.9 Å². The number of fused-ring (bicyclic) bond motifs is 5. The Hall–Kier alpha value is -3.14. The van der Waals surface area contributed by atoms with Crippen molar-refractivity contribution in [2.45, 2.75) is 39.5 Å². The first-order valence-electron chi connectivity index (χ1n) is 11.5. The molecule has 34 heavy (non-hydrogen) atoms. The smallest absolute Gasteiger partial charge is 0.239 e. The average molecular weight is 626 g/mol. The quantitative estimate of drug-likeness (QED) is 0.186.